The molecule has 0 spiro atoms. The lowest BCUT2D eigenvalue weighted by molar-refractivity contribution is 0.0944. The predicted octanol–water partition coefficient (Wildman–Crippen LogP) is 2.78. The van der Waals surface area contributed by atoms with E-state index < -0.39 is 0 Å². The zero-order valence-electron chi connectivity index (χ0n) is 13.7. The van der Waals surface area contributed by atoms with Gasteiger partial charge in [-0.25, -0.2) is 4.39 Å². The van der Waals surface area contributed by atoms with Gasteiger partial charge in [-0.05, 0) is 37.0 Å². The van der Waals surface area contributed by atoms with Crippen LogP contribution >= 0.6 is 0 Å². The quantitative estimate of drug-likeness (QED) is 0.937. The van der Waals surface area contributed by atoms with Gasteiger partial charge < -0.3 is 10.2 Å². The Morgan fingerprint density at radius 3 is 2.83 bits per heavy atom. The van der Waals surface area contributed by atoms with Crippen molar-refractivity contribution in [2.24, 2.45) is 5.92 Å². The second-order valence-electron chi connectivity index (χ2n) is 6.24. The molecule has 1 amide bonds. The van der Waals surface area contributed by atoms with E-state index in [0.717, 1.165) is 25.3 Å². The summed E-state index contributed by atoms with van der Waals surface area (Å²) in [6, 6.07) is 9.85. The Bertz CT molecular complexity index is 704. The molecule has 1 fully saturated rings. The molecule has 0 bridgehead atoms. The SMILES string of the molecule is CC1CCCN(c2ccc(C(=O)NCc3ccccc3F)nn2)C1. The zero-order chi connectivity index (χ0) is 16.9. The molecule has 1 aliphatic heterocycles. The van der Waals surface area contributed by atoms with Crippen LogP contribution in [0.3, 0.4) is 0 Å². The molecule has 1 atom stereocenters. The number of rotatable bonds is 4. The minimum Gasteiger partial charge on any atom is -0.355 e. The summed E-state index contributed by atoms with van der Waals surface area (Å²) in [5.41, 5.74) is 0.679. The number of hydrogen-bond acceptors (Lipinski definition) is 4. The van der Waals surface area contributed by atoms with E-state index in [1.165, 1.54) is 12.5 Å². The number of anilines is 1. The van der Waals surface area contributed by atoms with Gasteiger partial charge in [0.1, 0.15) is 5.82 Å². The van der Waals surface area contributed by atoms with Crippen molar-refractivity contribution in [3.8, 4) is 0 Å². The highest BCUT2D eigenvalue weighted by molar-refractivity contribution is 5.92. The highest BCUT2D eigenvalue weighted by Crippen LogP contribution is 2.20. The molecular formula is C18H21FN4O. The summed E-state index contributed by atoms with van der Waals surface area (Å²) in [5, 5.41) is 10.9. The van der Waals surface area contributed by atoms with Crippen molar-refractivity contribution in [2.75, 3.05) is 18.0 Å². The van der Waals surface area contributed by atoms with Crippen LogP contribution in [0.25, 0.3) is 0 Å². The average Bonchev–Trinajstić information content (AvgIpc) is 2.61. The Labute approximate surface area is 140 Å². The van der Waals surface area contributed by atoms with E-state index in [4.69, 9.17) is 0 Å². The summed E-state index contributed by atoms with van der Waals surface area (Å²) < 4.78 is 13.5. The first-order chi connectivity index (χ1) is 11.6. The molecule has 5 nitrogen and oxygen atoms in total. The summed E-state index contributed by atoms with van der Waals surface area (Å²) in [6.45, 7) is 4.29. The van der Waals surface area contributed by atoms with Crippen LogP contribution in [0.15, 0.2) is 36.4 Å². The minimum atomic E-state index is -0.357. The van der Waals surface area contributed by atoms with Gasteiger partial charge >= 0.3 is 0 Å². The van der Waals surface area contributed by atoms with Crippen LogP contribution < -0.4 is 10.2 Å². The Morgan fingerprint density at radius 1 is 1.29 bits per heavy atom. The van der Waals surface area contributed by atoms with Gasteiger partial charge in [-0.3, -0.25) is 4.79 Å². The maximum atomic E-state index is 13.5. The van der Waals surface area contributed by atoms with Crippen LogP contribution in [0.1, 0.15) is 35.8 Å². The number of carbonyl (C=O) groups excluding carboxylic acids is 1. The van der Waals surface area contributed by atoms with Crippen molar-refractivity contribution in [2.45, 2.75) is 26.3 Å². The standard InChI is InChI=1S/C18H21FN4O/c1-13-5-4-10-23(12-13)17-9-8-16(21-22-17)18(24)20-11-14-6-2-3-7-15(14)19/h2-3,6-9,13H,4-5,10-12H2,1H3,(H,20,24). The van der Waals surface area contributed by atoms with E-state index in [0.29, 0.717) is 11.5 Å². The third kappa shape index (κ3) is 3.88. The molecule has 2 aromatic rings. The van der Waals surface area contributed by atoms with Crippen LogP contribution in [0.2, 0.25) is 0 Å². The summed E-state index contributed by atoms with van der Waals surface area (Å²) in [6.07, 6.45) is 2.38. The Morgan fingerprint density at radius 2 is 2.12 bits per heavy atom. The van der Waals surface area contributed by atoms with Crippen LogP contribution in [-0.4, -0.2) is 29.2 Å². The van der Waals surface area contributed by atoms with E-state index in [1.807, 2.05) is 6.07 Å². The number of halogens is 1. The molecule has 0 saturated carbocycles. The first-order valence-electron chi connectivity index (χ1n) is 8.24. The fourth-order valence-corrected chi connectivity index (χ4v) is 2.92. The third-order valence-corrected chi connectivity index (χ3v) is 4.26. The predicted molar refractivity (Wildman–Crippen MR) is 90.2 cm³/mol. The van der Waals surface area contributed by atoms with Crippen molar-refractivity contribution in [1.29, 1.82) is 0 Å². The fraction of sp³-hybridized carbons (Fsp3) is 0.389. The molecule has 3 rings (SSSR count). The number of hydrogen-bond donors (Lipinski definition) is 1. The first kappa shape index (κ1) is 16.4. The van der Waals surface area contributed by atoms with Crippen LogP contribution in [0.4, 0.5) is 10.2 Å². The van der Waals surface area contributed by atoms with Crippen LogP contribution in [-0.2, 0) is 6.54 Å². The molecule has 1 aromatic heterocycles. The largest absolute Gasteiger partial charge is 0.355 e. The highest BCUT2D eigenvalue weighted by atomic mass is 19.1. The summed E-state index contributed by atoms with van der Waals surface area (Å²) in [7, 11) is 0. The average molecular weight is 328 g/mol. The van der Waals surface area contributed by atoms with Gasteiger partial charge in [0.25, 0.3) is 5.91 Å². The van der Waals surface area contributed by atoms with E-state index >= 15 is 0 Å². The number of nitrogens with one attached hydrogen (secondary N) is 1. The van der Waals surface area contributed by atoms with Crippen molar-refractivity contribution in [3.05, 3.63) is 53.5 Å². The third-order valence-electron chi connectivity index (χ3n) is 4.26. The molecule has 1 saturated heterocycles. The maximum Gasteiger partial charge on any atom is 0.272 e. The monoisotopic (exact) mass is 328 g/mol. The van der Waals surface area contributed by atoms with Gasteiger partial charge in [-0.2, -0.15) is 0 Å². The molecule has 1 aliphatic rings. The maximum absolute atomic E-state index is 13.5. The lowest BCUT2D eigenvalue weighted by Crippen LogP contribution is -2.35. The molecule has 126 valence electrons. The van der Waals surface area contributed by atoms with Gasteiger partial charge in [0, 0.05) is 25.2 Å². The van der Waals surface area contributed by atoms with Gasteiger partial charge in [0.05, 0.1) is 0 Å². The molecular weight excluding hydrogens is 307 g/mol. The molecule has 0 radical (unpaired) electrons. The number of carbonyl (C=O) groups is 1. The van der Waals surface area contributed by atoms with E-state index in [-0.39, 0.29) is 24.0 Å². The first-order valence-corrected chi connectivity index (χ1v) is 8.24. The van der Waals surface area contributed by atoms with E-state index in [9.17, 15) is 9.18 Å². The highest BCUT2D eigenvalue weighted by Gasteiger charge is 2.18. The topological polar surface area (TPSA) is 58.1 Å². The number of piperidine rings is 1. The van der Waals surface area contributed by atoms with Crippen molar-refractivity contribution >= 4 is 11.7 Å². The van der Waals surface area contributed by atoms with Gasteiger partial charge in [0.15, 0.2) is 11.5 Å². The van der Waals surface area contributed by atoms with E-state index in [1.54, 1.807) is 24.3 Å². The number of amides is 1. The molecule has 1 aromatic carbocycles. The molecule has 0 aliphatic carbocycles. The lowest BCUT2D eigenvalue weighted by atomic mass is 10.0. The number of nitrogens with zero attached hydrogens (tertiary/aromatic N) is 3. The van der Waals surface area contributed by atoms with Crippen LogP contribution in [0, 0.1) is 11.7 Å². The minimum absolute atomic E-state index is 0.124. The molecule has 1 unspecified atom stereocenters. The van der Waals surface area contributed by atoms with Gasteiger partial charge in [0.2, 0.25) is 0 Å². The molecule has 1 N–H and O–H groups in total. The smallest absolute Gasteiger partial charge is 0.272 e. The molecule has 24 heavy (non-hydrogen) atoms. The Balaban J connectivity index is 1.60. The van der Waals surface area contributed by atoms with Crippen LogP contribution in [0.5, 0.6) is 0 Å². The van der Waals surface area contributed by atoms with E-state index in [2.05, 4.69) is 27.3 Å². The second kappa shape index (κ2) is 7.38. The summed E-state index contributed by atoms with van der Waals surface area (Å²) in [4.78, 5) is 14.3. The summed E-state index contributed by atoms with van der Waals surface area (Å²) in [5.74, 6) is 0.749. The van der Waals surface area contributed by atoms with Gasteiger partial charge in [-0.15, -0.1) is 10.2 Å². The lowest BCUT2D eigenvalue weighted by Gasteiger charge is -2.31. The number of aromatic nitrogens is 2. The molecule has 2 heterocycles. The Hall–Kier alpha value is -2.50. The number of benzene rings is 1. The van der Waals surface area contributed by atoms with Crippen molar-refractivity contribution < 1.29 is 9.18 Å². The van der Waals surface area contributed by atoms with Crippen molar-refractivity contribution in [3.63, 3.8) is 0 Å². The fourth-order valence-electron chi connectivity index (χ4n) is 2.92. The van der Waals surface area contributed by atoms with Gasteiger partial charge in [-0.1, -0.05) is 25.1 Å². The molecule has 6 heteroatoms. The zero-order valence-corrected chi connectivity index (χ0v) is 13.7. The van der Waals surface area contributed by atoms with Crippen molar-refractivity contribution in [1.82, 2.24) is 15.5 Å². The summed E-state index contributed by atoms with van der Waals surface area (Å²) >= 11 is 0. The Kier molecular flexibility index (Phi) is 5.03. The normalized spacial score (nSPS) is 17.6. The second-order valence-corrected chi connectivity index (χ2v) is 6.24.